The second-order valence-corrected chi connectivity index (χ2v) is 6.77. The van der Waals surface area contributed by atoms with Crippen LogP contribution in [0.2, 0.25) is 0 Å². The average molecular weight is 402 g/mol. The Morgan fingerprint density at radius 1 is 1.43 bits per heavy atom. The molecule has 1 heterocycles. The van der Waals surface area contributed by atoms with Crippen molar-refractivity contribution < 1.29 is 9.72 Å². The number of hydrogen-bond donors (Lipinski definition) is 0. The Labute approximate surface area is 138 Å². The number of non-ortho nitro benzene ring substituents is 1. The number of nitrogens with zero attached hydrogens (tertiary/aromatic N) is 2. The quantitative estimate of drug-likeness (QED) is 0.437. The maximum absolute atomic E-state index is 12.7. The molecule has 2 rings (SSSR count). The summed E-state index contributed by atoms with van der Waals surface area (Å²) in [6, 6.07) is 4.46. The van der Waals surface area contributed by atoms with Crippen molar-refractivity contribution in [2.24, 2.45) is 5.41 Å². The number of carbonyl (C=O) groups is 1. The molecule has 0 atom stereocenters. The fourth-order valence-corrected chi connectivity index (χ4v) is 3.46. The van der Waals surface area contributed by atoms with Gasteiger partial charge in [0, 0.05) is 28.8 Å². The molecule has 0 aromatic heterocycles. The standard InChI is InChI=1S/C15H19IN2O3/c1-3-15(4-2)7-8-17(10-15)14(19)12-9-11(18(20)21)5-6-13(12)16/h5-6,9H,3-4,7-8,10H2,1-2H3. The van der Waals surface area contributed by atoms with Gasteiger partial charge in [-0.3, -0.25) is 14.9 Å². The molecule has 0 N–H and O–H groups in total. The van der Waals surface area contributed by atoms with Crippen LogP contribution in [-0.2, 0) is 0 Å². The van der Waals surface area contributed by atoms with Crippen molar-refractivity contribution in [2.45, 2.75) is 33.1 Å². The van der Waals surface area contributed by atoms with Crippen molar-refractivity contribution >= 4 is 34.2 Å². The summed E-state index contributed by atoms with van der Waals surface area (Å²) < 4.78 is 0.758. The van der Waals surface area contributed by atoms with Gasteiger partial charge >= 0.3 is 0 Å². The lowest BCUT2D eigenvalue weighted by atomic mass is 9.82. The van der Waals surface area contributed by atoms with Crippen molar-refractivity contribution in [2.75, 3.05) is 13.1 Å². The molecule has 0 bridgehead atoms. The van der Waals surface area contributed by atoms with Crippen molar-refractivity contribution in [3.63, 3.8) is 0 Å². The third-order valence-corrected chi connectivity index (χ3v) is 5.56. The molecular formula is C15H19IN2O3. The van der Waals surface area contributed by atoms with E-state index in [0.29, 0.717) is 5.56 Å². The molecule has 1 aromatic rings. The minimum atomic E-state index is -0.459. The number of likely N-dealkylation sites (tertiary alicyclic amines) is 1. The monoisotopic (exact) mass is 402 g/mol. The Balaban J connectivity index is 2.25. The van der Waals surface area contributed by atoms with Gasteiger partial charge in [-0.1, -0.05) is 13.8 Å². The van der Waals surface area contributed by atoms with E-state index in [9.17, 15) is 14.9 Å². The van der Waals surface area contributed by atoms with Crippen LogP contribution < -0.4 is 0 Å². The normalized spacial score (nSPS) is 17.0. The molecule has 0 spiro atoms. The molecule has 114 valence electrons. The third kappa shape index (κ3) is 3.20. The van der Waals surface area contributed by atoms with Gasteiger partial charge in [-0.15, -0.1) is 0 Å². The molecule has 1 amide bonds. The zero-order valence-corrected chi connectivity index (χ0v) is 14.4. The molecule has 1 aliphatic rings. The first-order valence-corrected chi connectivity index (χ1v) is 8.23. The lowest BCUT2D eigenvalue weighted by molar-refractivity contribution is -0.384. The summed E-state index contributed by atoms with van der Waals surface area (Å²) in [5, 5.41) is 10.9. The second kappa shape index (κ2) is 6.29. The molecule has 1 aliphatic heterocycles. The van der Waals surface area contributed by atoms with Gasteiger partial charge in [0.15, 0.2) is 0 Å². The summed E-state index contributed by atoms with van der Waals surface area (Å²) in [4.78, 5) is 24.9. The zero-order valence-electron chi connectivity index (χ0n) is 12.3. The lowest BCUT2D eigenvalue weighted by Crippen LogP contribution is -2.32. The number of rotatable bonds is 4. The van der Waals surface area contributed by atoms with Crippen LogP contribution in [0.1, 0.15) is 43.5 Å². The summed E-state index contributed by atoms with van der Waals surface area (Å²) in [5.74, 6) is -0.0909. The van der Waals surface area contributed by atoms with E-state index >= 15 is 0 Å². The Morgan fingerprint density at radius 2 is 2.10 bits per heavy atom. The number of carbonyl (C=O) groups excluding carboxylic acids is 1. The van der Waals surface area contributed by atoms with Gasteiger partial charge in [-0.2, -0.15) is 0 Å². The molecule has 6 heteroatoms. The molecule has 0 aliphatic carbocycles. The van der Waals surface area contributed by atoms with E-state index in [-0.39, 0.29) is 17.0 Å². The summed E-state index contributed by atoms with van der Waals surface area (Å²) in [6.07, 6.45) is 3.12. The highest BCUT2D eigenvalue weighted by Gasteiger charge is 2.37. The molecule has 1 saturated heterocycles. The molecule has 1 aromatic carbocycles. The number of nitro benzene ring substituents is 1. The van der Waals surface area contributed by atoms with E-state index in [1.54, 1.807) is 6.07 Å². The average Bonchev–Trinajstić information content (AvgIpc) is 2.92. The van der Waals surface area contributed by atoms with E-state index in [1.807, 2.05) is 4.90 Å². The Morgan fingerprint density at radius 3 is 2.62 bits per heavy atom. The van der Waals surface area contributed by atoms with Crippen molar-refractivity contribution in [1.82, 2.24) is 4.90 Å². The smallest absolute Gasteiger partial charge is 0.270 e. The highest BCUT2D eigenvalue weighted by Crippen LogP contribution is 2.37. The van der Waals surface area contributed by atoms with E-state index in [0.717, 1.165) is 35.9 Å². The molecule has 0 unspecified atom stereocenters. The third-order valence-electron chi connectivity index (χ3n) is 4.62. The van der Waals surface area contributed by atoms with Gasteiger partial charge < -0.3 is 4.90 Å². The highest BCUT2D eigenvalue weighted by molar-refractivity contribution is 14.1. The molecule has 5 nitrogen and oxygen atoms in total. The highest BCUT2D eigenvalue weighted by atomic mass is 127. The van der Waals surface area contributed by atoms with Crippen LogP contribution in [0.5, 0.6) is 0 Å². The Bertz CT molecular complexity index is 570. The molecule has 0 radical (unpaired) electrons. The van der Waals surface area contributed by atoms with Crippen LogP contribution in [0.4, 0.5) is 5.69 Å². The Kier molecular flexibility index (Phi) is 4.85. The molecular weight excluding hydrogens is 383 g/mol. The topological polar surface area (TPSA) is 63.5 Å². The van der Waals surface area contributed by atoms with E-state index in [1.165, 1.54) is 12.1 Å². The molecule has 1 fully saturated rings. The van der Waals surface area contributed by atoms with E-state index in [2.05, 4.69) is 36.4 Å². The first-order chi connectivity index (χ1) is 9.92. The van der Waals surface area contributed by atoms with Crippen LogP contribution >= 0.6 is 22.6 Å². The summed E-state index contributed by atoms with van der Waals surface area (Å²) >= 11 is 2.06. The van der Waals surface area contributed by atoms with Gasteiger partial charge in [0.1, 0.15) is 0 Å². The van der Waals surface area contributed by atoms with Gasteiger partial charge in [-0.25, -0.2) is 0 Å². The number of benzene rings is 1. The fraction of sp³-hybridized carbons (Fsp3) is 0.533. The van der Waals surface area contributed by atoms with Crippen molar-refractivity contribution in [1.29, 1.82) is 0 Å². The van der Waals surface area contributed by atoms with Crippen LogP contribution in [0.3, 0.4) is 0 Å². The predicted molar refractivity (Wildman–Crippen MR) is 89.3 cm³/mol. The lowest BCUT2D eigenvalue weighted by Gasteiger charge is -2.26. The zero-order chi connectivity index (χ0) is 15.6. The minimum Gasteiger partial charge on any atom is -0.338 e. The first-order valence-electron chi connectivity index (χ1n) is 7.15. The van der Waals surface area contributed by atoms with Crippen LogP contribution in [0, 0.1) is 19.1 Å². The molecule has 0 saturated carbocycles. The Hall–Kier alpha value is -1.18. The SMILES string of the molecule is CCC1(CC)CCN(C(=O)c2cc([N+](=O)[O-])ccc2I)C1. The minimum absolute atomic E-state index is 0.0322. The predicted octanol–water partition coefficient (Wildman–Crippen LogP) is 3.85. The largest absolute Gasteiger partial charge is 0.338 e. The van der Waals surface area contributed by atoms with Crippen LogP contribution in [-0.4, -0.2) is 28.8 Å². The number of halogens is 1. The first kappa shape index (κ1) is 16.2. The molecule has 21 heavy (non-hydrogen) atoms. The number of hydrogen-bond acceptors (Lipinski definition) is 3. The maximum atomic E-state index is 12.7. The van der Waals surface area contributed by atoms with Gasteiger partial charge in [-0.05, 0) is 53.3 Å². The van der Waals surface area contributed by atoms with Crippen LogP contribution in [0.25, 0.3) is 0 Å². The number of nitro groups is 1. The van der Waals surface area contributed by atoms with Gasteiger partial charge in [0.05, 0.1) is 10.5 Å². The van der Waals surface area contributed by atoms with Crippen LogP contribution in [0.15, 0.2) is 18.2 Å². The van der Waals surface area contributed by atoms with Gasteiger partial charge in [0.25, 0.3) is 11.6 Å². The van der Waals surface area contributed by atoms with E-state index < -0.39 is 4.92 Å². The van der Waals surface area contributed by atoms with Crippen molar-refractivity contribution in [3.05, 3.63) is 37.4 Å². The second-order valence-electron chi connectivity index (χ2n) is 5.61. The van der Waals surface area contributed by atoms with E-state index in [4.69, 9.17) is 0 Å². The summed E-state index contributed by atoms with van der Waals surface area (Å²) in [7, 11) is 0. The maximum Gasteiger partial charge on any atom is 0.270 e. The van der Waals surface area contributed by atoms with Gasteiger partial charge in [0.2, 0.25) is 0 Å². The summed E-state index contributed by atoms with van der Waals surface area (Å²) in [5.41, 5.74) is 0.616. The number of amides is 1. The summed E-state index contributed by atoms with van der Waals surface area (Å²) in [6.45, 7) is 5.81. The van der Waals surface area contributed by atoms with Crippen molar-refractivity contribution in [3.8, 4) is 0 Å². The fourth-order valence-electron chi connectivity index (χ4n) is 2.90.